The van der Waals surface area contributed by atoms with E-state index < -0.39 is 28.3 Å². The molecule has 2 aliphatic heterocycles. The van der Waals surface area contributed by atoms with Crippen molar-refractivity contribution in [2.24, 2.45) is 0 Å². The van der Waals surface area contributed by atoms with Crippen LogP contribution in [0.2, 0.25) is 0 Å². The standard InChI is InChI=1S/C29H32N2O7S/c32-22-18-31(39(34,35)26-14-11-24(12-15-26)37-23-9-5-2-6-10-23)27-16-13-25(38-28(27)20-36-19-22)17-29(33)30-21-7-3-1-4-8-21/h1-12,14-15,22,25,27-28,32H,13,16-20H2,(H,30,33)/t22-,25+,27+,28-/m1/s1. The third-order valence-corrected chi connectivity index (χ3v) is 8.72. The van der Waals surface area contributed by atoms with Gasteiger partial charge in [0.05, 0.1) is 48.9 Å². The third kappa shape index (κ3) is 6.84. The summed E-state index contributed by atoms with van der Waals surface area (Å²) in [5.74, 6) is 0.986. The number of amides is 1. The first-order valence-electron chi connectivity index (χ1n) is 13.0. The summed E-state index contributed by atoms with van der Waals surface area (Å²) in [7, 11) is -3.97. The normalized spacial score (nSPS) is 24.1. The minimum atomic E-state index is -3.97. The van der Waals surface area contributed by atoms with Crippen LogP contribution in [-0.4, -0.2) is 67.8 Å². The molecule has 2 saturated heterocycles. The van der Waals surface area contributed by atoms with Gasteiger partial charge in [0.2, 0.25) is 15.9 Å². The predicted molar refractivity (Wildman–Crippen MR) is 145 cm³/mol. The molecule has 2 fully saturated rings. The molecular weight excluding hydrogens is 520 g/mol. The minimum Gasteiger partial charge on any atom is -0.457 e. The Balaban J connectivity index is 1.29. The number of β-amino-alcohol motifs (C(OH)–C–C–N with tert-alkyl or cyclic N) is 1. The van der Waals surface area contributed by atoms with Crippen LogP contribution in [0.4, 0.5) is 5.69 Å². The smallest absolute Gasteiger partial charge is 0.243 e. The van der Waals surface area contributed by atoms with Gasteiger partial charge in [-0.15, -0.1) is 0 Å². The number of hydrogen-bond donors (Lipinski definition) is 2. The fourth-order valence-corrected chi connectivity index (χ4v) is 6.67. The summed E-state index contributed by atoms with van der Waals surface area (Å²) in [4.78, 5) is 12.7. The lowest BCUT2D eigenvalue weighted by atomic mass is 9.96. The van der Waals surface area contributed by atoms with Gasteiger partial charge >= 0.3 is 0 Å². The lowest BCUT2D eigenvalue weighted by Gasteiger charge is -2.43. The van der Waals surface area contributed by atoms with Gasteiger partial charge in [0.25, 0.3) is 0 Å². The average molecular weight is 553 g/mol. The van der Waals surface area contributed by atoms with Gasteiger partial charge in [-0.05, 0) is 61.4 Å². The molecule has 3 aromatic rings. The summed E-state index contributed by atoms with van der Waals surface area (Å²) in [5.41, 5.74) is 0.705. The van der Waals surface area contributed by atoms with Crippen LogP contribution < -0.4 is 10.1 Å². The number of sulfonamides is 1. The number of carbonyl (C=O) groups is 1. The third-order valence-electron chi connectivity index (χ3n) is 6.81. The Labute approximate surface area is 228 Å². The Morgan fingerprint density at radius 1 is 0.923 bits per heavy atom. The van der Waals surface area contributed by atoms with E-state index in [1.807, 2.05) is 60.7 Å². The van der Waals surface area contributed by atoms with Crippen LogP contribution in [-0.2, 0) is 24.3 Å². The van der Waals surface area contributed by atoms with E-state index in [-0.39, 0.29) is 43.1 Å². The Morgan fingerprint density at radius 3 is 2.31 bits per heavy atom. The number of anilines is 1. The fraction of sp³-hybridized carbons (Fsp3) is 0.345. The number of ether oxygens (including phenoxy) is 3. The van der Waals surface area contributed by atoms with Crippen molar-refractivity contribution >= 4 is 21.6 Å². The number of fused-ring (bicyclic) bond motifs is 1. The summed E-state index contributed by atoms with van der Waals surface area (Å²) in [5, 5.41) is 13.3. The first-order chi connectivity index (χ1) is 18.9. The molecule has 10 heteroatoms. The van der Waals surface area contributed by atoms with Crippen LogP contribution in [0.15, 0.2) is 89.8 Å². The highest BCUT2D eigenvalue weighted by Gasteiger charge is 2.43. The zero-order valence-corrected chi connectivity index (χ0v) is 22.2. The number of rotatable bonds is 7. The van der Waals surface area contributed by atoms with Crippen LogP contribution in [0.1, 0.15) is 19.3 Å². The summed E-state index contributed by atoms with van der Waals surface area (Å²) >= 11 is 0. The maximum atomic E-state index is 13.8. The lowest BCUT2D eigenvalue weighted by Crippen LogP contribution is -2.57. The van der Waals surface area contributed by atoms with Crippen molar-refractivity contribution in [1.82, 2.24) is 4.31 Å². The van der Waals surface area contributed by atoms with E-state index >= 15 is 0 Å². The molecule has 0 radical (unpaired) electrons. The summed E-state index contributed by atoms with van der Waals surface area (Å²) in [6, 6.07) is 24.1. The molecule has 2 heterocycles. The van der Waals surface area contributed by atoms with Crippen LogP contribution >= 0.6 is 0 Å². The van der Waals surface area contributed by atoms with E-state index in [0.717, 1.165) is 0 Å². The number of nitrogens with zero attached hydrogens (tertiary/aromatic N) is 1. The molecule has 0 spiro atoms. The van der Waals surface area contributed by atoms with E-state index in [0.29, 0.717) is 30.0 Å². The molecule has 206 valence electrons. The topological polar surface area (TPSA) is 114 Å². The van der Waals surface area contributed by atoms with E-state index in [2.05, 4.69) is 5.32 Å². The molecule has 3 aromatic carbocycles. The number of aliphatic hydroxyl groups is 1. The summed E-state index contributed by atoms with van der Waals surface area (Å²) in [6.45, 7) is -0.00962. The van der Waals surface area contributed by atoms with Crippen molar-refractivity contribution in [3.05, 3.63) is 84.9 Å². The van der Waals surface area contributed by atoms with Crippen molar-refractivity contribution in [3.63, 3.8) is 0 Å². The molecule has 0 unspecified atom stereocenters. The van der Waals surface area contributed by atoms with Gasteiger partial charge in [-0.1, -0.05) is 36.4 Å². The Kier molecular flexibility index (Phi) is 8.59. The number of nitrogens with one attached hydrogen (secondary N) is 1. The zero-order chi connectivity index (χ0) is 27.2. The maximum absolute atomic E-state index is 13.8. The first-order valence-corrected chi connectivity index (χ1v) is 14.4. The van der Waals surface area contributed by atoms with Crippen molar-refractivity contribution in [3.8, 4) is 11.5 Å². The van der Waals surface area contributed by atoms with E-state index in [4.69, 9.17) is 14.2 Å². The molecule has 2 aliphatic rings. The van der Waals surface area contributed by atoms with E-state index in [9.17, 15) is 18.3 Å². The molecule has 0 aromatic heterocycles. The molecule has 5 rings (SSSR count). The molecule has 0 saturated carbocycles. The SMILES string of the molecule is O=C(C[C@@H]1CC[C@H]2[C@@H](COC[C@H](O)CN2S(=O)(=O)c2ccc(Oc3ccccc3)cc2)O1)Nc1ccccc1. The van der Waals surface area contributed by atoms with Crippen molar-refractivity contribution in [2.45, 2.75) is 48.5 Å². The van der Waals surface area contributed by atoms with Crippen molar-refractivity contribution in [1.29, 1.82) is 0 Å². The van der Waals surface area contributed by atoms with Gasteiger partial charge in [-0.2, -0.15) is 4.31 Å². The first kappa shape index (κ1) is 27.3. The van der Waals surface area contributed by atoms with Crippen LogP contribution in [0.3, 0.4) is 0 Å². The number of hydrogen-bond acceptors (Lipinski definition) is 7. The second-order valence-corrected chi connectivity index (χ2v) is 11.6. The van der Waals surface area contributed by atoms with Gasteiger partial charge in [0.15, 0.2) is 0 Å². The Hall–Kier alpha value is -3.28. The molecule has 4 atom stereocenters. The quantitative estimate of drug-likeness (QED) is 0.458. The lowest BCUT2D eigenvalue weighted by molar-refractivity contribution is -0.144. The summed E-state index contributed by atoms with van der Waals surface area (Å²) in [6.07, 6.45) is -0.807. The van der Waals surface area contributed by atoms with Crippen LogP contribution in [0.25, 0.3) is 0 Å². The Morgan fingerprint density at radius 2 is 1.59 bits per heavy atom. The molecule has 1 amide bonds. The maximum Gasteiger partial charge on any atom is 0.243 e. The predicted octanol–water partition coefficient (Wildman–Crippen LogP) is 3.81. The monoisotopic (exact) mass is 552 g/mol. The van der Waals surface area contributed by atoms with Gasteiger partial charge in [0.1, 0.15) is 11.5 Å². The average Bonchev–Trinajstić information content (AvgIpc) is 2.92. The number of aliphatic hydroxyl groups excluding tert-OH is 1. The molecule has 0 bridgehead atoms. The molecule has 9 nitrogen and oxygen atoms in total. The molecule has 0 aliphatic carbocycles. The second kappa shape index (κ2) is 12.3. The number of para-hydroxylation sites is 2. The minimum absolute atomic E-state index is 0.0123. The highest BCUT2D eigenvalue weighted by atomic mass is 32.2. The highest BCUT2D eigenvalue weighted by Crippen LogP contribution is 2.32. The van der Waals surface area contributed by atoms with E-state index in [1.54, 1.807) is 12.1 Å². The largest absolute Gasteiger partial charge is 0.457 e. The highest BCUT2D eigenvalue weighted by molar-refractivity contribution is 7.89. The van der Waals surface area contributed by atoms with Gasteiger partial charge in [-0.3, -0.25) is 4.79 Å². The zero-order valence-electron chi connectivity index (χ0n) is 21.4. The number of carbonyl (C=O) groups excluding carboxylic acids is 1. The molecule has 2 N–H and O–H groups in total. The van der Waals surface area contributed by atoms with Crippen LogP contribution in [0.5, 0.6) is 11.5 Å². The summed E-state index contributed by atoms with van der Waals surface area (Å²) < 4.78 is 46.6. The van der Waals surface area contributed by atoms with Crippen LogP contribution in [0, 0.1) is 0 Å². The van der Waals surface area contributed by atoms with Gasteiger partial charge in [0, 0.05) is 12.2 Å². The fourth-order valence-electron chi connectivity index (χ4n) is 4.95. The van der Waals surface area contributed by atoms with Crippen molar-refractivity contribution in [2.75, 3.05) is 25.1 Å². The van der Waals surface area contributed by atoms with Gasteiger partial charge in [-0.25, -0.2) is 8.42 Å². The van der Waals surface area contributed by atoms with Crippen molar-refractivity contribution < 1.29 is 32.5 Å². The Bertz CT molecular complexity index is 1340. The number of benzene rings is 3. The van der Waals surface area contributed by atoms with E-state index in [1.165, 1.54) is 16.4 Å². The second-order valence-electron chi connectivity index (χ2n) is 9.71. The molecule has 39 heavy (non-hydrogen) atoms. The molecular formula is C29H32N2O7S. The van der Waals surface area contributed by atoms with Gasteiger partial charge < -0.3 is 24.6 Å².